The van der Waals surface area contributed by atoms with E-state index in [2.05, 4.69) is 20.9 Å². The van der Waals surface area contributed by atoms with Crippen molar-refractivity contribution in [2.75, 3.05) is 0 Å². The summed E-state index contributed by atoms with van der Waals surface area (Å²) in [6, 6.07) is 2.74. The maximum atomic E-state index is 13.7. The van der Waals surface area contributed by atoms with Gasteiger partial charge in [0.15, 0.2) is 0 Å². The topological polar surface area (TPSA) is 60.9 Å². The molecule has 1 aromatic heterocycles. The quantitative estimate of drug-likeness (QED) is 0.863. The Morgan fingerprint density at radius 3 is 2.89 bits per heavy atom. The van der Waals surface area contributed by atoms with Crippen LogP contribution in [0.3, 0.4) is 0 Å². The number of fused-ring (bicyclic) bond motifs is 1. The lowest BCUT2D eigenvalue weighted by molar-refractivity contribution is -0.118. The van der Waals surface area contributed by atoms with Gasteiger partial charge < -0.3 is 10.3 Å². The molecule has 0 bridgehead atoms. The van der Waals surface area contributed by atoms with Crippen LogP contribution in [0.5, 0.6) is 0 Å². The average Bonchev–Trinajstić information content (AvgIpc) is 2.66. The number of rotatable bonds is 4. The largest absolute Gasteiger partial charge is 0.370 e. The normalized spacial score (nSPS) is 12.8. The molecule has 2 N–H and O–H groups in total. The first-order valence-electron chi connectivity index (χ1n) is 5.64. The van der Waals surface area contributed by atoms with Gasteiger partial charge in [0.2, 0.25) is 5.91 Å². The highest BCUT2D eigenvalue weighted by Crippen LogP contribution is 2.28. The van der Waals surface area contributed by atoms with E-state index in [0.29, 0.717) is 21.3 Å². The molecule has 1 unspecified atom stereocenters. The first-order chi connectivity index (χ1) is 8.93. The minimum Gasteiger partial charge on any atom is -0.370 e. The van der Waals surface area contributed by atoms with Gasteiger partial charge >= 0.3 is 0 Å². The number of benzene rings is 1. The number of amides is 1. The lowest BCUT2D eigenvalue weighted by Crippen LogP contribution is -2.18. The van der Waals surface area contributed by atoms with E-state index >= 15 is 0 Å². The van der Waals surface area contributed by atoms with Gasteiger partial charge in [-0.05, 0) is 28.9 Å². The molecule has 2 aromatic rings. The van der Waals surface area contributed by atoms with Crippen molar-refractivity contribution >= 4 is 44.5 Å². The average molecular weight is 349 g/mol. The molecule has 1 aromatic carbocycles. The van der Waals surface area contributed by atoms with E-state index in [4.69, 9.17) is 17.3 Å². The molecular formula is C12H12BrClFN3O. The number of halogens is 3. The number of alkyl halides is 1. The molecule has 0 aliphatic carbocycles. The third kappa shape index (κ3) is 2.74. The number of carbonyl (C=O) groups is 1. The number of nitrogens with two attached hydrogens (primary N) is 1. The third-order valence-corrected chi connectivity index (χ3v) is 3.71. The van der Waals surface area contributed by atoms with E-state index in [9.17, 15) is 9.18 Å². The Labute approximate surface area is 122 Å². The first kappa shape index (κ1) is 14.3. The van der Waals surface area contributed by atoms with Crippen molar-refractivity contribution < 1.29 is 9.18 Å². The predicted molar refractivity (Wildman–Crippen MR) is 75.5 cm³/mol. The van der Waals surface area contributed by atoms with Crippen molar-refractivity contribution in [3.63, 3.8) is 0 Å². The van der Waals surface area contributed by atoms with Gasteiger partial charge in [-0.3, -0.25) is 4.79 Å². The summed E-state index contributed by atoms with van der Waals surface area (Å²) >= 11 is 8.98. The van der Waals surface area contributed by atoms with Crippen LogP contribution in [-0.2, 0) is 10.7 Å². The molecule has 0 aliphatic heterocycles. The number of aromatic nitrogens is 2. The fraction of sp³-hybridized carbons (Fsp3) is 0.333. The van der Waals surface area contributed by atoms with Gasteiger partial charge in [-0.1, -0.05) is 0 Å². The molecule has 1 amide bonds. The molecular weight excluding hydrogens is 337 g/mol. The summed E-state index contributed by atoms with van der Waals surface area (Å²) < 4.78 is 15.7. The van der Waals surface area contributed by atoms with Crippen LogP contribution in [0.2, 0.25) is 0 Å². The molecule has 0 aliphatic rings. The van der Waals surface area contributed by atoms with Gasteiger partial charge in [0.25, 0.3) is 0 Å². The highest BCUT2D eigenvalue weighted by atomic mass is 79.9. The maximum Gasteiger partial charge on any atom is 0.219 e. The van der Waals surface area contributed by atoms with Crippen LogP contribution < -0.4 is 5.73 Å². The Hall–Kier alpha value is -1.14. The predicted octanol–water partition coefficient (Wildman–Crippen LogP) is 3.11. The van der Waals surface area contributed by atoms with Crippen LogP contribution in [-0.4, -0.2) is 15.5 Å². The molecule has 0 spiro atoms. The summed E-state index contributed by atoms with van der Waals surface area (Å²) in [5.74, 6) is -0.0479. The Kier molecular flexibility index (Phi) is 4.10. The third-order valence-electron chi connectivity index (χ3n) is 2.86. The molecule has 1 atom stereocenters. The van der Waals surface area contributed by atoms with Crippen molar-refractivity contribution in [2.45, 2.75) is 25.3 Å². The molecule has 0 fully saturated rings. The highest BCUT2D eigenvalue weighted by molar-refractivity contribution is 9.10. The van der Waals surface area contributed by atoms with E-state index in [1.165, 1.54) is 6.07 Å². The second-order valence-electron chi connectivity index (χ2n) is 4.31. The fourth-order valence-electron chi connectivity index (χ4n) is 2.11. The second-order valence-corrected chi connectivity index (χ2v) is 5.43. The monoisotopic (exact) mass is 347 g/mol. The smallest absolute Gasteiger partial charge is 0.219 e. The molecule has 7 heteroatoms. The zero-order chi connectivity index (χ0) is 14.2. The number of primary amides is 1. The minimum atomic E-state index is -0.424. The first-order valence-corrected chi connectivity index (χ1v) is 6.97. The molecule has 2 rings (SSSR count). The van der Waals surface area contributed by atoms with Crippen molar-refractivity contribution in [1.29, 1.82) is 0 Å². The Morgan fingerprint density at radius 1 is 1.63 bits per heavy atom. The van der Waals surface area contributed by atoms with Crippen LogP contribution in [0.15, 0.2) is 16.6 Å². The van der Waals surface area contributed by atoms with Crippen molar-refractivity contribution in [2.24, 2.45) is 5.73 Å². The van der Waals surface area contributed by atoms with Gasteiger partial charge in [0.1, 0.15) is 11.6 Å². The summed E-state index contributed by atoms with van der Waals surface area (Å²) in [4.78, 5) is 15.4. The number of hydrogen-bond acceptors (Lipinski definition) is 2. The zero-order valence-corrected chi connectivity index (χ0v) is 12.5. The Bertz CT molecular complexity index is 643. The zero-order valence-electron chi connectivity index (χ0n) is 10.2. The molecule has 1 heterocycles. The Morgan fingerprint density at radius 2 is 2.32 bits per heavy atom. The molecule has 102 valence electrons. The van der Waals surface area contributed by atoms with Gasteiger partial charge in [-0.15, -0.1) is 11.6 Å². The van der Waals surface area contributed by atoms with Crippen LogP contribution in [0.25, 0.3) is 11.0 Å². The maximum absolute atomic E-state index is 13.7. The molecule has 0 saturated carbocycles. The summed E-state index contributed by atoms with van der Waals surface area (Å²) in [5, 5.41) is 0. The van der Waals surface area contributed by atoms with Gasteiger partial charge in [0.05, 0.1) is 21.4 Å². The summed E-state index contributed by atoms with van der Waals surface area (Å²) in [7, 11) is 0. The number of imidazole rings is 1. The van der Waals surface area contributed by atoms with Crippen molar-refractivity contribution in [3.05, 3.63) is 28.2 Å². The standard InChI is InChI=1S/C12H12BrClFN3O/c1-6(2-11(16)19)18-10-4-8(15)7(13)3-9(10)17-12(18)5-14/h3-4,6H,2,5H2,1H3,(H2,16,19). The molecule has 0 radical (unpaired) electrons. The molecule has 0 saturated heterocycles. The summed E-state index contributed by atoms with van der Waals surface area (Å²) in [5.41, 5.74) is 6.43. The molecule has 19 heavy (non-hydrogen) atoms. The lowest BCUT2D eigenvalue weighted by atomic mass is 10.2. The lowest BCUT2D eigenvalue weighted by Gasteiger charge is -2.15. The SMILES string of the molecule is CC(CC(N)=O)n1c(CCl)nc2cc(Br)c(F)cc21. The highest BCUT2D eigenvalue weighted by Gasteiger charge is 2.18. The Balaban J connectivity index is 2.62. The van der Waals surface area contributed by atoms with Gasteiger partial charge in [0, 0.05) is 18.5 Å². The van der Waals surface area contributed by atoms with E-state index in [1.807, 2.05) is 6.92 Å². The second kappa shape index (κ2) is 5.46. The van der Waals surface area contributed by atoms with Crippen molar-refractivity contribution in [1.82, 2.24) is 9.55 Å². The number of hydrogen-bond donors (Lipinski definition) is 1. The van der Waals surface area contributed by atoms with E-state index in [-0.39, 0.29) is 24.2 Å². The van der Waals surface area contributed by atoms with Crippen LogP contribution >= 0.6 is 27.5 Å². The van der Waals surface area contributed by atoms with Crippen LogP contribution in [0.4, 0.5) is 4.39 Å². The minimum absolute atomic E-state index is 0.146. The van der Waals surface area contributed by atoms with Crippen LogP contribution in [0.1, 0.15) is 25.2 Å². The van der Waals surface area contributed by atoms with E-state index < -0.39 is 5.91 Å². The van der Waals surface area contributed by atoms with E-state index in [0.717, 1.165) is 0 Å². The van der Waals surface area contributed by atoms with Gasteiger partial charge in [-0.2, -0.15) is 0 Å². The van der Waals surface area contributed by atoms with Crippen LogP contribution in [0, 0.1) is 5.82 Å². The summed E-state index contributed by atoms with van der Waals surface area (Å²) in [6.07, 6.45) is 0.146. The van der Waals surface area contributed by atoms with E-state index in [1.54, 1.807) is 10.6 Å². The van der Waals surface area contributed by atoms with Gasteiger partial charge in [-0.25, -0.2) is 9.37 Å². The number of nitrogens with zero attached hydrogens (tertiary/aromatic N) is 2. The molecule has 4 nitrogen and oxygen atoms in total. The van der Waals surface area contributed by atoms with Crippen molar-refractivity contribution in [3.8, 4) is 0 Å². The number of carbonyl (C=O) groups excluding carboxylic acids is 1. The fourth-order valence-corrected chi connectivity index (χ4v) is 2.63. The summed E-state index contributed by atoms with van der Waals surface area (Å²) in [6.45, 7) is 1.82.